The summed E-state index contributed by atoms with van der Waals surface area (Å²) in [6.45, 7) is 11.3. The van der Waals surface area contributed by atoms with Gasteiger partial charge in [-0.3, -0.25) is 14.2 Å². The lowest BCUT2D eigenvalue weighted by Crippen LogP contribution is -2.42. The van der Waals surface area contributed by atoms with Gasteiger partial charge in [-0.05, 0) is 30.3 Å². The number of amides is 1. The summed E-state index contributed by atoms with van der Waals surface area (Å²) in [5.74, 6) is -0.242. The van der Waals surface area contributed by atoms with E-state index >= 15 is 0 Å². The molecule has 0 radical (unpaired) electrons. The molecule has 0 bridgehead atoms. The van der Waals surface area contributed by atoms with Crippen LogP contribution in [0.2, 0.25) is 18.1 Å². The van der Waals surface area contributed by atoms with Crippen LogP contribution in [0.3, 0.4) is 0 Å². The van der Waals surface area contributed by atoms with Crippen molar-refractivity contribution in [3.63, 3.8) is 0 Å². The van der Waals surface area contributed by atoms with Gasteiger partial charge < -0.3 is 20.2 Å². The predicted octanol–water partition coefficient (Wildman–Crippen LogP) is 2.13. The van der Waals surface area contributed by atoms with E-state index < -0.39 is 8.32 Å². The highest BCUT2D eigenvalue weighted by molar-refractivity contribution is 6.74. The highest BCUT2D eigenvalue weighted by Gasteiger charge is 2.36. The molecule has 0 aromatic carbocycles. The second-order valence-electron chi connectivity index (χ2n) is 8.22. The Morgan fingerprint density at radius 3 is 2.61 bits per heavy atom. The van der Waals surface area contributed by atoms with Crippen LogP contribution < -0.4 is 21.3 Å². The molecule has 0 saturated carbocycles. The van der Waals surface area contributed by atoms with E-state index in [1.54, 1.807) is 12.1 Å². The van der Waals surface area contributed by atoms with E-state index in [0.717, 1.165) is 0 Å². The van der Waals surface area contributed by atoms with Crippen molar-refractivity contribution in [3.05, 3.63) is 28.7 Å². The average molecular weight is 407 g/mol. The number of nitrogen functional groups attached to an aromatic ring is 1. The molecule has 2 aromatic heterocycles. The number of ether oxygens (including phenoxy) is 1. The van der Waals surface area contributed by atoms with Crippen LogP contribution in [0, 0.1) is 0 Å². The van der Waals surface area contributed by atoms with E-state index in [4.69, 9.17) is 14.9 Å². The molecule has 0 fully saturated rings. The molecule has 1 amide bonds. The van der Waals surface area contributed by atoms with Gasteiger partial charge in [0.25, 0.3) is 11.5 Å². The maximum Gasteiger partial charge on any atom is 0.294 e. The number of hydrogen-bond acceptors (Lipinski definition) is 6. The molecule has 8 nitrogen and oxygen atoms in total. The summed E-state index contributed by atoms with van der Waals surface area (Å²) >= 11 is 0. The Morgan fingerprint density at radius 1 is 1.32 bits per heavy atom. The Labute approximate surface area is 166 Å². The van der Waals surface area contributed by atoms with Crippen molar-refractivity contribution in [1.82, 2.24) is 14.9 Å². The average Bonchev–Trinajstić information content (AvgIpc) is 2.60. The summed E-state index contributed by atoms with van der Waals surface area (Å²) in [7, 11) is -0.434. The van der Waals surface area contributed by atoms with Crippen LogP contribution in [-0.2, 0) is 15.8 Å². The number of aromatic nitrogens is 2. The number of carbonyl (C=O) groups excluding carboxylic acids is 1. The summed E-state index contributed by atoms with van der Waals surface area (Å²) in [4.78, 5) is 28.7. The van der Waals surface area contributed by atoms with E-state index in [1.165, 1.54) is 17.8 Å². The molecule has 0 aliphatic carbocycles. The minimum absolute atomic E-state index is 0.0746. The topological polar surface area (TPSA) is 108 Å². The zero-order chi connectivity index (χ0) is 21.1. The van der Waals surface area contributed by atoms with Crippen LogP contribution in [0.4, 0.5) is 5.69 Å². The Bertz CT molecular complexity index is 919. The largest absolute Gasteiger partial charge is 0.478 e. The van der Waals surface area contributed by atoms with Gasteiger partial charge in [-0.15, -0.1) is 0 Å². The van der Waals surface area contributed by atoms with Crippen LogP contribution in [0.1, 0.15) is 20.8 Å². The molecule has 9 heteroatoms. The fourth-order valence-corrected chi connectivity index (χ4v) is 3.43. The third-order valence-corrected chi connectivity index (χ3v) is 9.67. The second kappa shape index (κ2) is 8.32. The minimum atomic E-state index is -1.94. The lowest BCUT2D eigenvalue weighted by molar-refractivity contribution is -0.122. The van der Waals surface area contributed by atoms with Gasteiger partial charge >= 0.3 is 0 Å². The molecule has 2 rings (SSSR count). The molecule has 0 atom stereocenters. The van der Waals surface area contributed by atoms with Gasteiger partial charge in [0.05, 0.1) is 18.5 Å². The standard InChI is InChI=1S/C19H30N4O4Si/c1-19(2,3)28(5,6)27-8-7-23-17-13(9-14(20)11-22-17)10-15(18(23)25)26-12-16(24)21-4/h9-11H,7-8,12,20H2,1-6H3,(H,21,24). The van der Waals surface area contributed by atoms with Gasteiger partial charge in [0.2, 0.25) is 0 Å². The molecule has 0 spiro atoms. The fourth-order valence-electron chi connectivity index (χ4n) is 2.39. The fraction of sp³-hybridized carbons (Fsp3) is 0.526. The number of anilines is 1. The summed E-state index contributed by atoms with van der Waals surface area (Å²) in [6.07, 6.45) is 1.51. The van der Waals surface area contributed by atoms with Gasteiger partial charge in [0.15, 0.2) is 20.7 Å². The molecule has 0 aliphatic heterocycles. The SMILES string of the molecule is CNC(=O)COc1cc2cc(N)cnc2n(CCO[Si](C)(C)C(C)(C)C)c1=O. The molecular formula is C19H30N4O4Si. The number of hydrogen-bond donors (Lipinski definition) is 2. The van der Waals surface area contributed by atoms with Crippen molar-refractivity contribution in [2.24, 2.45) is 0 Å². The van der Waals surface area contributed by atoms with E-state index in [0.29, 0.717) is 29.9 Å². The monoisotopic (exact) mass is 406 g/mol. The van der Waals surface area contributed by atoms with Crippen molar-refractivity contribution in [3.8, 4) is 5.75 Å². The third-order valence-electron chi connectivity index (χ3n) is 5.14. The van der Waals surface area contributed by atoms with Crippen LogP contribution in [0.25, 0.3) is 11.0 Å². The van der Waals surface area contributed by atoms with E-state index in [-0.39, 0.29) is 28.9 Å². The van der Waals surface area contributed by atoms with Gasteiger partial charge in [0, 0.05) is 19.0 Å². The normalized spacial score (nSPS) is 12.2. The maximum absolute atomic E-state index is 12.9. The van der Waals surface area contributed by atoms with E-state index in [1.807, 2.05) is 0 Å². The summed E-state index contributed by atoms with van der Waals surface area (Å²) in [5.41, 5.74) is 6.47. The molecule has 154 valence electrons. The number of fused-ring (bicyclic) bond motifs is 1. The van der Waals surface area contributed by atoms with Crippen LogP contribution in [0.15, 0.2) is 23.1 Å². The Balaban J connectivity index is 2.35. The molecule has 2 aromatic rings. The summed E-state index contributed by atoms with van der Waals surface area (Å²) < 4.78 is 13.2. The summed E-state index contributed by atoms with van der Waals surface area (Å²) in [5, 5.41) is 3.20. The van der Waals surface area contributed by atoms with Gasteiger partial charge in [0.1, 0.15) is 5.65 Å². The number of nitrogens with zero attached hydrogens (tertiary/aromatic N) is 2. The van der Waals surface area contributed by atoms with Crippen molar-refractivity contribution in [2.45, 2.75) is 45.4 Å². The molecule has 2 heterocycles. The Hall–Kier alpha value is -2.39. The number of rotatable bonds is 7. The number of carbonyl (C=O) groups is 1. The van der Waals surface area contributed by atoms with Gasteiger partial charge in [-0.2, -0.15) is 0 Å². The predicted molar refractivity (Wildman–Crippen MR) is 113 cm³/mol. The number of likely N-dealkylation sites (N-methyl/N-ethyl adjacent to an activating group) is 1. The summed E-state index contributed by atoms with van der Waals surface area (Å²) in [6, 6.07) is 3.29. The Morgan fingerprint density at radius 2 is 2.00 bits per heavy atom. The first-order valence-corrected chi connectivity index (χ1v) is 12.1. The molecule has 0 unspecified atom stereocenters. The van der Waals surface area contributed by atoms with Crippen molar-refractivity contribution < 1.29 is 14.0 Å². The smallest absolute Gasteiger partial charge is 0.294 e. The number of nitrogens with one attached hydrogen (secondary N) is 1. The number of pyridine rings is 2. The van der Waals surface area contributed by atoms with Gasteiger partial charge in [-0.25, -0.2) is 4.98 Å². The molecule has 3 N–H and O–H groups in total. The maximum atomic E-state index is 12.9. The lowest BCUT2D eigenvalue weighted by atomic mass is 10.2. The molecule has 0 saturated heterocycles. The molecule has 28 heavy (non-hydrogen) atoms. The minimum Gasteiger partial charge on any atom is -0.478 e. The zero-order valence-corrected chi connectivity index (χ0v) is 18.5. The molecule has 0 aliphatic rings. The lowest BCUT2D eigenvalue weighted by Gasteiger charge is -2.36. The number of nitrogens with two attached hydrogens (primary N) is 1. The van der Waals surface area contributed by atoms with Crippen molar-refractivity contribution >= 4 is 30.9 Å². The highest BCUT2D eigenvalue weighted by Crippen LogP contribution is 2.36. The Kier molecular flexibility index (Phi) is 6.51. The first-order valence-electron chi connectivity index (χ1n) is 9.22. The van der Waals surface area contributed by atoms with Gasteiger partial charge in [-0.1, -0.05) is 20.8 Å². The van der Waals surface area contributed by atoms with E-state index in [2.05, 4.69) is 44.2 Å². The van der Waals surface area contributed by atoms with Crippen LogP contribution in [0.5, 0.6) is 5.75 Å². The second-order valence-corrected chi connectivity index (χ2v) is 13.0. The molecular weight excluding hydrogens is 376 g/mol. The zero-order valence-electron chi connectivity index (χ0n) is 17.5. The van der Waals surface area contributed by atoms with Crippen LogP contribution >= 0.6 is 0 Å². The van der Waals surface area contributed by atoms with Crippen molar-refractivity contribution in [1.29, 1.82) is 0 Å². The highest BCUT2D eigenvalue weighted by atomic mass is 28.4. The first-order chi connectivity index (χ1) is 13.0. The quantitative estimate of drug-likeness (QED) is 0.682. The first kappa shape index (κ1) is 21.9. The van der Waals surface area contributed by atoms with E-state index in [9.17, 15) is 9.59 Å². The van der Waals surface area contributed by atoms with Crippen LogP contribution in [-0.4, -0.2) is 44.0 Å². The third kappa shape index (κ3) is 4.90. The van der Waals surface area contributed by atoms with Crippen molar-refractivity contribution in [2.75, 3.05) is 26.0 Å².